The third kappa shape index (κ3) is 1.68. The summed E-state index contributed by atoms with van der Waals surface area (Å²) in [5.41, 5.74) is -1.92. The van der Waals surface area contributed by atoms with Crippen molar-refractivity contribution in [2.45, 2.75) is 30.0 Å². The molecule has 0 radical (unpaired) electrons. The minimum atomic E-state index is -2.34. The van der Waals surface area contributed by atoms with Gasteiger partial charge in [-0.1, -0.05) is 12.1 Å². The number of benzene rings is 1. The molecule has 0 aromatic heterocycles. The van der Waals surface area contributed by atoms with Gasteiger partial charge in [0.1, 0.15) is 11.9 Å². The monoisotopic (exact) mass is 284 g/mol. The van der Waals surface area contributed by atoms with Gasteiger partial charge < -0.3 is 24.8 Å². The molecule has 0 saturated carbocycles. The second-order valence-electron chi connectivity index (χ2n) is 5.06. The van der Waals surface area contributed by atoms with Gasteiger partial charge in [0.25, 0.3) is 0 Å². The second-order valence-corrected chi connectivity index (χ2v) is 5.06. The molecule has 2 saturated heterocycles. The molecule has 2 fully saturated rings. The molecule has 6 nitrogen and oxygen atoms in total. The Morgan fingerprint density at radius 1 is 1.30 bits per heavy atom. The minimum Gasteiger partial charge on any atom is -0.451 e. The molecular weight excluding hydrogens is 271 g/mol. The zero-order chi connectivity index (χ0) is 14.5. The summed E-state index contributed by atoms with van der Waals surface area (Å²) in [6.07, 6.45) is -2.85. The largest absolute Gasteiger partial charge is 0.451 e. The molecule has 2 aliphatic heterocycles. The first-order valence-electron chi connectivity index (χ1n) is 6.09. The predicted octanol–water partition coefficient (Wildman–Crippen LogP) is -0.896. The van der Waals surface area contributed by atoms with E-state index < -0.39 is 35.4 Å². The maximum atomic E-state index is 12.9. The van der Waals surface area contributed by atoms with Crippen LogP contribution in [0.25, 0.3) is 0 Å². The molecule has 7 heteroatoms. The molecule has 3 unspecified atom stereocenters. The Kier molecular flexibility index (Phi) is 2.84. The molecule has 0 bridgehead atoms. The number of carbonyl (C=O) groups excluding carboxylic acids is 1. The van der Waals surface area contributed by atoms with E-state index in [1.54, 1.807) is 0 Å². The third-order valence-electron chi connectivity index (χ3n) is 3.75. The zero-order valence-corrected chi connectivity index (χ0v) is 10.3. The van der Waals surface area contributed by atoms with Crippen LogP contribution in [0.2, 0.25) is 0 Å². The van der Waals surface area contributed by atoms with Crippen molar-refractivity contribution in [3.8, 4) is 0 Å². The smallest absolute Gasteiger partial charge is 0.344 e. The Bertz CT molecular complexity index is 546. The minimum absolute atomic E-state index is 0.250. The first-order valence-corrected chi connectivity index (χ1v) is 6.09. The number of aliphatic hydroxyl groups excluding tert-OH is 1. The molecule has 20 heavy (non-hydrogen) atoms. The van der Waals surface area contributed by atoms with E-state index in [-0.39, 0.29) is 13.0 Å². The highest BCUT2D eigenvalue weighted by atomic mass is 19.1. The Balaban J connectivity index is 1.94. The molecule has 3 rings (SSSR count). The summed E-state index contributed by atoms with van der Waals surface area (Å²) in [6, 6.07) is 5.10. The van der Waals surface area contributed by atoms with Crippen LogP contribution in [-0.4, -0.2) is 51.5 Å². The normalized spacial score (nSPS) is 39.7. The number of hydrogen-bond donors (Lipinski definition) is 3. The SMILES string of the molecule is O=C1OC2C(O)COC2(O)[C@]1(O)Cc1ccc(F)cc1. The van der Waals surface area contributed by atoms with Crippen molar-refractivity contribution < 1.29 is 34.0 Å². The van der Waals surface area contributed by atoms with E-state index in [4.69, 9.17) is 9.47 Å². The summed E-state index contributed by atoms with van der Waals surface area (Å²) in [6.45, 7) is -0.250. The fourth-order valence-corrected chi connectivity index (χ4v) is 2.61. The number of fused-ring (bicyclic) bond motifs is 1. The highest BCUT2D eigenvalue weighted by Gasteiger charge is 2.73. The van der Waals surface area contributed by atoms with E-state index in [1.807, 2.05) is 0 Å². The molecule has 3 N–H and O–H groups in total. The first-order chi connectivity index (χ1) is 9.37. The van der Waals surface area contributed by atoms with Gasteiger partial charge in [0, 0.05) is 6.42 Å². The molecule has 0 amide bonds. The molecular formula is C13H13FO6. The van der Waals surface area contributed by atoms with E-state index in [9.17, 15) is 24.5 Å². The van der Waals surface area contributed by atoms with Crippen molar-refractivity contribution in [2.24, 2.45) is 0 Å². The Labute approximate surface area is 113 Å². The van der Waals surface area contributed by atoms with Crippen LogP contribution in [0, 0.1) is 5.82 Å². The first kappa shape index (κ1) is 13.4. The van der Waals surface area contributed by atoms with Crippen LogP contribution in [0.5, 0.6) is 0 Å². The topological polar surface area (TPSA) is 96.2 Å². The number of carbonyl (C=O) groups is 1. The highest BCUT2D eigenvalue weighted by Crippen LogP contribution is 2.44. The van der Waals surface area contributed by atoms with E-state index in [0.717, 1.165) is 0 Å². The van der Waals surface area contributed by atoms with Crippen LogP contribution < -0.4 is 0 Å². The van der Waals surface area contributed by atoms with Crippen molar-refractivity contribution in [2.75, 3.05) is 6.61 Å². The quantitative estimate of drug-likeness (QED) is 0.609. The molecule has 2 heterocycles. The summed E-state index contributed by atoms with van der Waals surface area (Å²) in [5.74, 6) is -3.84. The van der Waals surface area contributed by atoms with Gasteiger partial charge >= 0.3 is 5.97 Å². The van der Waals surface area contributed by atoms with Crippen LogP contribution in [0.4, 0.5) is 4.39 Å². The number of hydrogen-bond acceptors (Lipinski definition) is 6. The van der Waals surface area contributed by atoms with E-state index in [1.165, 1.54) is 24.3 Å². The van der Waals surface area contributed by atoms with Crippen molar-refractivity contribution in [3.05, 3.63) is 35.6 Å². The van der Waals surface area contributed by atoms with Gasteiger partial charge in [0.2, 0.25) is 11.4 Å². The molecule has 2 aliphatic rings. The van der Waals surface area contributed by atoms with Crippen LogP contribution in [0.3, 0.4) is 0 Å². The Hall–Kier alpha value is -1.54. The summed E-state index contributed by atoms with van der Waals surface area (Å²) < 4.78 is 22.7. The second kappa shape index (κ2) is 4.23. The van der Waals surface area contributed by atoms with Gasteiger partial charge in [-0.3, -0.25) is 0 Å². The predicted molar refractivity (Wildman–Crippen MR) is 61.8 cm³/mol. The maximum absolute atomic E-state index is 12.9. The Morgan fingerprint density at radius 2 is 1.95 bits per heavy atom. The molecule has 108 valence electrons. The fraction of sp³-hybridized carbons (Fsp3) is 0.462. The summed E-state index contributed by atoms with van der Waals surface area (Å²) >= 11 is 0. The standard InChI is InChI=1S/C13H13FO6/c14-8-3-1-7(2-4-8)5-12(17)11(16)20-10-9(15)6-19-13(10,12)18/h1-4,9-10,15,17-18H,5-6H2/t9?,10?,12-,13?/m0/s1. The van der Waals surface area contributed by atoms with Crippen molar-refractivity contribution >= 4 is 5.97 Å². The lowest BCUT2D eigenvalue weighted by Gasteiger charge is -2.31. The highest BCUT2D eigenvalue weighted by molar-refractivity contribution is 5.84. The summed E-state index contributed by atoms with van der Waals surface area (Å²) in [5, 5.41) is 30.4. The van der Waals surface area contributed by atoms with Crippen LogP contribution >= 0.6 is 0 Å². The van der Waals surface area contributed by atoms with Crippen molar-refractivity contribution in [1.82, 2.24) is 0 Å². The van der Waals surface area contributed by atoms with Crippen molar-refractivity contribution in [1.29, 1.82) is 0 Å². The lowest BCUT2D eigenvalue weighted by atomic mass is 9.85. The number of rotatable bonds is 2. The van der Waals surface area contributed by atoms with Crippen LogP contribution in [0.15, 0.2) is 24.3 Å². The van der Waals surface area contributed by atoms with Gasteiger partial charge in [-0.15, -0.1) is 0 Å². The third-order valence-corrected chi connectivity index (χ3v) is 3.75. The van der Waals surface area contributed by atoms with Crippen molar-refractivity contribution in [3.63, 3.8) is 0 Å². The van der Waals surface area contributed by atoms with Gasteiger partial charge in [-0.2, -0.15) is 0 Å². The average Bonchev–Trinajstić information content (AvgIpc) is 2.80. The van der Waals surface area contributed by atoms with Crippen LogP contribution in [0.1, 0.15) is 5.56 Å². The molecule has 1 aromatic carbocycles. The fourth-order valence-electron chi connectivity index (χ4n) is 2.61. The van der Waals surface area contributed by atoms with E-state index in [2.05, 4.69) is 0 Å². The molecule has 1 aromatic rings. The molecule has 0 spiro atoms. The maximum Gasteiger partial charge on any atom is 0.344 e. The van der Waals surface area contributed by atoms with E-state index in [0.29, 0.717) is 5.56 Å². The van der Waals surface area contributed by atoms with Gasteiger partial charge in [-0.25, -0.2) is 9.18 Å². The number of halogens is 1. The zero-order valence-electron chi connectivity index (χ0n) is 10.3. The summed E-state index contributed by atoms with van der Waals surface area (Å²) in [4.78, 5) is 11.8. The lowest BCUT2D eigenvalue weighted by molar-refractivity contribution is -0.262. The lowest BCUT2D eigenvalue weighted by Crippen LogP contribution is -2.59. The number of esters is 1. The van der Waals surface area contributed by atoms with Gasteiger partial charge in [0.05, 0.1) is 6.61 Å². The number of aliphatic hydroxyl groups is 3. The average molecular weight is 284 g/mol. The molecule has 4 atom stereocenters. The summed E-state index contributed by atoms with van der Waals surface area (Å²) in [7, 11) is 0. The molecule has 0 aliphatic carbocycles. The van der Waals surface area contributed by atoms with Crippen LogP contribution in [-0.2, 0) is 20.7 Å². The van der Waals surface area contributed by atoms with Gasteiger partial charge in [0.15, 0.2) is 6.10 Å². The Morgan fingerprint density at radius 3 is 2.60 bits per heavy atom. The number of ether oxygens (including phenoxy) is 2. The van der Waals surface area contributed by atoms with Gasteiger partial charge in [-0.05, 0) is 17.7 Å². The van der Waals surface area contributed by atoms with E-state index >= 15 is 0 Å².